The summed E-state index contributed by atoms with van der Waals surface area (Å²) in [6, 6.07) is 0. The lowest BCUT2D eigenvalue weighted by molar-refractivity contribution is -0.133. The van der Waals surface area contributed by atoms with Crippen LogP contribution < -0.4 is 5.32 Å². The second-order valence-electron chi connectivity index (χ2n) is 4.80. The van der Waals surface area contributed by atoms with Gasteiger partial charge in [-0.2, -0.15) is 0 Å². The number of ether oxygens (including phenoxy) is 2. The van der Waals surface area contributed by atoms with E-state index in [0.717, 1.165) is 39.3 Å². The molecule has 0 atom stereocenters. The van der Waals surface area contributed by atoms with E-state index in [9.17, 15) is 4.79 Å². The number of hydrogen-bond acceptors (Lipinski definition) is 5. The van der Waals surface area contributed by atoms with Crippen molar-refractivity contribution < 1.29 is 14.3 Å². The van der Waals surface area contributed by atoms with E-state index < -0.39 is 0 Å². The van der Waals surface area contributed by atoms with E-state index in [0.29, 0.717) is 33.0 Å². The molecule has 0 spiro atoms. The molecule has 0 aromatic carbocycles. The first-order valence-corrected chi connectivity index (χ1v) is 7.64. The molecule has 1 rings (SSSR count). The molecule has 1 heterocycles. The van der Waals surface area contributed by atoms with Gasteiger partial charge in [-0.3, -0.25) is 9.69 Å². The summed E-state index contributed by atoms with van der Waals surface area (Å²) in [5.74, 6) is 0.208. The lowest BCUT2D eigenvalue weighted by atomic mass is 10.3. The topological polar surface area (TPSA) is 54.0 Å². The molecule has 0 unspecified atom stereocenters. The van der Waals surface area contributed by atoms with Crippen LogP contribution in [0.4, 0.5) is 0 Å². The monoisotopic (exact) mass is 287 g/mol. The van der Waals surface area contributed by atoms with E-state index >= 15 is 0 Å². The van der Waals surface area contributed by atoms with Crippen molar-refractivity contribution in [3.05, 3.63) is 0 Å². The fourth-order valence-electron chi connectivity index (χ4n) is 2.15. The first-order valence-electron chi connectivity index (χ1n) is 7.64. The highest BCUT2D eigenvalue weighted by Gasteiger charge is 2.18. The Hall–Kier alpha value is -0.690. The molecule has 0 radical (unpaired) electrons. The third-order valence-corrected chi connectivity index (χ3v) is 3.34. The number of carbonyl (C=O) groups is 1. The van der Waals surface area contributed by atoms with Crippen LogP contribution in [0.2, 0.25) is 0 Å². The molecule has 20 heavy (non-hydrogen) atoms. The average Bonchev–Trinajstić information content (AvgIpc) is 2.48. The predicted octanol–water partition coefficient (Wildman–Crippen LogP) is -0.207. The number of carbonyl (C=O) groups excluding carboxylic acids is 1. The zero-order valence-corrected chi connectivity index (χ0v) is 12.9. The Morgan fingerprint density at radius 1 is 1.10 bits per heavy atom. The van der Waals surface area contributed by atoms with Crippen molar-refractivity contribution in [1.82, 2.24) is 15.1 Å². The van der Waals surface area contributed by atoms with Crippen molar-refractivity contribution >= 4 is 5.91 Å². The molecule has 6 nitrogen and oxygen atoms in total. The summed E-state index contributed by atoms with van der Waals surface area (Å²) >= 11 is 0. The van der Waals surface area contributed by atoms with Crippen LogP contribution in [0.15, 0.2) is 0 Å². The molecular formula is C14H29N3O3. The number of nitrogens with zero attached hydrogens (tertiary/aromatic N) is 2. The third-order valence-electron chi connectivity index (χ3n) is 3.34. The fourth-order valence-corrected chi connectivity index (χ4v) is 2.15. The van der Waals surface area contributed by atoms with Gasteiger partial charge in [-0.15, -0.1) is 0 Å². The standard InChI is InChI=1S/C14H29N3O3/c1-3-19-11-9-16(10-12-20-4-2)13-14(18)17-7-5-15-6-8-17/h15H,3-13H2,1-2H3. The quantitative estimate of drug-likeness (QED) is 0.564. The Kier molecular flexibility index (Phi) is 9.57. The third kappa shape index (κ3) is 7.19. The van der Waals surface area contributed by atoms with E-state index in [1.54, 1.807) is 0 Å². The first-order chi connectivity index (χ1) is 9.77. The molecule has 1 aliphatic rings. The Morgan fingerprint density at radius 2 is 1.65 bits per heavy atom. The van der Waals surface area contributed by atoms with Crippen molar-refractivity contribution in [2.24, 2.45) is 0 Å². The first kappa shape index (κ1) is 17.4. The van der Waals surface area contributed by atoms with Crippen LogP contribution in [0, 0.1) is 0 Å². The Balaban J connectivity index is 2.33. The van der Waals surface area contributed by atoms with Crippen LogP contribution in [-0.4, -0.2) is 87.9 Å². The molecule has 0 aromatic rings. The molecule has 118 valence electrons. The van der Waals surface area contributed by atoms with Crippen LogP contribution >= 0.6 is 0 Å². The van der Waals surface area contributed by atoms with Gasteiger partial charge in [0.2, 0.25) is 5.91 Å². The Bertz CT molecular complexity index is 248. The largest absolute Gasteiger partial charge is 0.380 e. The molecule has 0 saturated carbocycles. The molecule has 0 bridgehead atoms. The van der Waals surface area contributed by atoms with Gasteiger partial charge in [-0.1, -0.05) is 0 Å². The molecule has 1 aliphatic heterocycles. The number of piperazine rings is 1. The van der Waals surface area contributed by atoms with Gasteiger partial charge in [-0.25, -0.2) is 0 Å². The zero-order chi connectivity index (χ0) is 14.6. The van der Waals surface area contributed by atoms with Gasteiger partial charge in [-0.05, 0) is 13.8 Å². The second-order valence-corrected chi connectivity index (χ2v) is 4.80. The highest BCUT2D eigenvalue weighted by Crippen LogP contribution is 1.98. The van der Waals surface area contributed by atoms with Crippen molar-refractivity contribution in [2.75, 3.05) is 72.2 Å². The number of amides is 1. The molecule has 0 aliphatic carbocycles. The van der Waals surface area contributed by atoms with Crippen LogP contribution in [0.25, 0.3) is 0 Å². The molecule has 1 N–H and O–H groups in total. The van der Waals surface area contributed by atoms with Crippen molar-refractivity contribution in [1.29, 1.82) is 0 Å². The van der Waals surface area contributed by atoms with Crippen LogP contribution in [-0.2, 0) is 14.3 Å². The molecule has 6 heteroatoms. The summed E-state index contributed by atoms with van der Waals surface area (Å²) in [6.07, 6.45) is 0. The SMILES string of the molecule is CCOCCN(CCOCC)CC(=O)N1CCNCC1. The maximum atomic E-state index is 12.2. The van der Waals surface area contributed by atoms with Gasteiger partial charge >= 0.3 is 0 Å². The molecular weight excluding hydrogens is 258 g/mol. The van der Waals surface area contributed by atoms with E-state index in [1.165, 1.54) is 0 Å². The Labute approximate surface area is 122 Å². The summed E-state index contributed by atoms with van der Waals surface area (Å²) in [7, 11) is 0. The van der Waals surface area contributed by atoms with Crippen molar-refractivity contribution in [3.63, 3.8) is 0 Å². The summed E-state index contributed by atoms with van der Waals surface area (Å²) in [4.78, 5) is 16.3. The average molecular weight is 287 g/mol. The van der Waals surface area contributed by atoms with Crippen molar-refractivity contribution in [2.45, 2.75) is 13.8 Å². The molecule has 1 amide bonds. The number of nitrogens with one attached hydrogen (secondary N) is 1. The van der Waals surface area contributed by atoms with Gasteiger partial charge < -0.3 is 19.7 Å². The highest BCUT2D eigenvalue weighted by atomic mass is 16.5. The van der Waals surface area contributed by atoms with Gasteiger partial charge in [0, 0.05) is 52.5 Å². The second kappa shape index (κ2) is 11.0. The summed E-state index contributed by atoms with van der Waals surface area (Å²) in [5, 5.41) is 3.26. The lowest BCUT2D eigenvalue weighted by Gasteiger charge is -2.30. The van der Waals surface area contributed by atoms with Crippen LogP contribution in [0.1, 0.15) is 13.8 Å². The van der Waals surface area contributed by atoms with Crippen LogP contribution in [0.3, 0.4) is 0 Å². The van der Waals surface area contributed by atoms with Crippen molar-refractivity contribution in [3.8, 4) is 0 Å². The van der Waals surface area contributed by atoms with Gasteiger partial charge in [0.05, 0.1) is 19.8 Å². The van der Waals surface area contributed by atoms with E-state index in [1.807, 2.05) is 18.7 Å². The minimum atomic E-state index is 0.208. The molecule has 0 aromatic heterocycles. The minimum absolute atomic E-state index is 0.208. The fraction of sp³-hybridized carbons (Fsp3) is 0.929. The maximum absolute atomic E-state index is 12.2. The maximum Gasteiger partial charge on any atom is 0.236 e. The number of rotatable bonds is 10. The van der Waals surface area contributed by atoms with Gasteiger partial charge in [0.1, 0.15) is 0 Å². The smallest absolute Gasteiger partial charge is 0.236 e. The highest BCUT2D eigenvalue weighted by molar-refractivity contribution is 5.78. The van der Waals surface area contributed by atoms with E-state index in [4.69, 9.17) is 9.47 Å². The molecule has 1 fully saturated rings. The van der Waals surface area contributed by atoms with Crippen LogP contribution in [0.5, 0.6) is 0 Å². The number of hydrogen-bond donors (Lipinski definition) is 1. The van der Waals surface area contributed by atoms with Gasteiger partial charge in [0.15, 0.2) is 0 Å². The summed E-state index contributed by atoms with van der Waals surface area (Å²) < 4.78 is 10.8. The minimum Gasteiger partial charge on any atom is -0.380 e. The van der Waals surface area contributed by atoms with Gasteiger partial charge in [0.25, 0.3) is 0 Å². The Morgan fingerprint density at radius 3 is 2.15 bits per heavy atom. The van der Waals surface area contributed by atoms with E-state index in [-0.39, 0.29) is 5.91 Å². The zero-order valence-electron chi connectivity index (χ0n) is 12.9. The lowest BCUT2D eigenvalue weighted by Crippen LogP contribution is -2.50. The summed E-state index contributed by atoms with van der Waals surface area (Å²) in [5.41, 5.74) is 0. The predicted molar refractivity (Wildman–Crippen MR) is 78.9 cm³/mol. The summed E-state index contributed by atoms with van der Waals surface area (Å²) in [6.45, 7) is 12.1. The normalized spacial score (nSPS) is 15.8. The molecule has 1 saturated heterocycles. The van der Waals surface area contributed by atoms with E-state index in [2.05, 4.69) is 10.2 Å².